The summed E-state index contributed by atoms with van der Waals surface area (Å²) in [5, 5.41) is 0.610. The molecule has 0 aliphatic carbocycles. The molecule has 0 unspecified atom stereocenters. The number of hydrogen-bond acceptors (Lipinski definition) is 3. The average Bonchev–Trinajstić information content (AvgIpc) is 2.23. The molecule has 3 nitrogen and oxygen atoms in total. The summed E-state index contributed by atoms with van der Waals surface area (Å²) >= 11 is 6.04. The van der Waals surface area contributed by atoms with Gasteiger partial charge in [-0.15, -0.1) is 0 Å². The first-order valence-corrected chi connectivity index (χ1v) is 5.47. The Morgan fingerprint density at radius 1 is 1.50 bits per heavy atom. The molecule has 1 aromatic rings. The number of Topliss-reactive ketones (excluding diaryl/α,β-unsaturated/α-hetero) is 1. The third-order valence-electron chi connectivity index (χ3n) is 2.52. The highest BCUT2D eigenvalue weighted by Crippen LogP contribution is 2.33. The van der Waals surface area contributed by atoms with E-state index in [0.29, 0.717) is 29.3 Å². The normalized spacial score (nSPS) is 10.3. The van der Waals surface area contributed by atoms with E-state index in [9.17, 15) is 4.79 Å². The Labute approximate surface area is 101 Å². The van der Waals surface area contributed by atoms with Gasteiger partial charge in [-0.05, 0) is 32.0 Å². The summed E-state index contributed by atoms with van der Waals surface area (Å²) in [6.45, 7) is 4.01. The number of carbonyl (C=O) groups excluding carboxylic acids is 1. The number of rotatable bonds is 4. The monoisotopic (exact) mass is 241 g/mol. The fourth-order valence-corrected chi connectivity index (χ4v) is 1.95. The fourth-order valence-electron chi connectivity index (χ4n) is 1.70. The second-order valence-electron chi connectivity index (χ2n) is 3.67. The molecular formula is C12H16ClNO2. The van der Waals surface area contributed by atoms with Crippen LogP contribution in [0.3, 0.4) is 0 Å². The van der Waals surface area contributed by atoms with Gasteiger partial charge in [0.15, 0.2) is 5.78 Å². The SMILES string of the molecule is COc1c(C)c(Cl)cc(C)c1C(=O)CCN. The first-order chi connectivity index (χ1) is 7.52. The first-order valence-electron chi connectivity index (χ1n) is 5.09. The molecule has 0 bridgehead atoms. The molecule has 0 spiro atoms. The van der Waals surface area contributed by atoms with Crippen molar-refractivity contribution in [2.24, 2.45) is 5.73 Å². The molecule has 0 aliphatic heterocycles. The molecule has 1 rings (SSSR count). The van der Waals surface area contributed by atoms with Gasteiger partial charge in [-0.3, -0.25) is 4.79 Å². The lowest BCUT2D eigenvalue weighted by Gasteiger charge is -2.14. The third-order valence-corrected chi connectivity index (χ3v) is 2.91. The van der Waals surface area contributed by atoms with Gasteiger partial charge < -0.3 is 10.5 Å². The fraction of sp³-hybridized carbons (Fsp3) is 0.417. The van der Waals surface area contributed by atoms with Gasteiger partial charge >= 0.3 is 0 Å². The maximum atomic E-state index is 11.9. The van der Waals surface area contributed by atoms with E-state index in [1.807, 2.05) is 13.8 Å². The largest absolute Gasteiger partial charge is 0.496 e. The van der Waals surface area contributed by atoms with Gasteiger partial charge in [0.25, 0.3) is 0 Å². The lowest BCUT2D eigenvalue weighted by molar-refractivity contribution is 0.0981. The minimum Gasteiger partial charge on any atom is -0.496 e. The zero-order valence-corrected chi connectivity index (χ0v) is 10.5. The quantitative estimate of drug-likeness (QED) is 0.824. The number of aryl methyl sites for hydroxylation is 1. The van der Waals surface area contributed by atoms with Crippen molar-refractivity contribution in [3.63, 3.8) is 0 Å². The van der Waals surface area contributed by atoms with Crippen molar-refractivity contribution < 1.29 is 9.53 Å². The number of hydrogen-bond donors (Lipinski definition) is 1. The number of ketones is 1. The van der Waals surface area contributed by atoms with Gasteiger partial charge in [0.05, 0.1) is 12.7 Å². The van der Waals surface area contributed by atoms with E-state index in [1.165, 1.54) is 7.11 Å². The zero-order valence-electron chi connectivity index (χ0n) is 9.76. The van der Waals surface area contributed by atoms with Crippen LogP contribution in [-0.2, 0) is 0 Å². The molecule has 16 heavy (non-hydrogen) atoms. The van der Waals surface area contributed by atoms with E-state index in [-0.39, 0.29) is 5.78 Å². The highest BCUT2D eigenvalue weighted by atomic mass is 35.5. The van der Waals surface area contributed by atoms with Crippen LogP contribution in [0.2, 0.25) is 5.02 Å². The van der Waals surface area contributed by atoms with Gasteiger partial charge in [0.2, 0.25) is 0 Å². The van der Waals surface area contributed by atoms with Gasteiger partial charge in [0.1, 0.15) is 5.75 Å². The summed E-state index contributed by atoms with van der Waals surface area (Å²) in [7, 11) is 1.54. The van der Waals surface area contributed by atoms with Crippen LogP contribution in [0.15, 0.2) is 6.07 Å². The predicted octanol–water partition coefficient (Wildman–Crippen LogP) is 2.50. The van der Waals surface area contributed by atoms with Crippen LogP contribution in [0.1, 0.15) is 27.9 Å². The third kappa shape index (κ3) is 2.36. The van der Waals surface area contributed by atoms with Crippen LogP contribution in [0.25, 0.3) is 0 Å². The van der Waals surface area contributed by atoms with Crippen LogP contribution in [0, 0.1) is 13.8 Å². The van der Waals surface area contributed by atoms with Gasteiger partial charge in [-0.1, -0.05) is 11.6 Å². The number of carbonyl (C=O) groups is 1. The molecule has 0 saturated heterocycles. The lowest BCUT2D eigenvalue weighted by Crippen LogP contribution is -2.11. The molecule has 0 aromatic heterocycles. The van der Waals surface area contributed by atoms with E-state index in [0.717, 1.165) is 11.1 Å². The van der Waals surface area contributed by atoms with Gasteiger partial charge in [0, 0.05) is 17.0 Å². The Hall–Kier alpha value is -1.06. The summed E-state index contributed by atoms with van der Waals surface area (Å²) in [6, 6.07) is 1.78. The van der Waals surface area contributed by atoms with Crippen LogP contribution in [-0.4, -0.2) is 19.4 Å². The minimum atomic E-state index is -0.00313. The molecule has 0 fully saturated rings. The average molecular weight is 242 g/mol. The standard InChI is InChI=1S/C12H16ClNO2/c1-7-6-9(13)8(2)12(16-3)11(7)10(15)4-5-14/h6H,4-5,14H2,1-3H3. The van der Waals surface area contributed by atoms with Crippen molar-refractivity contribution in [1.29, 1.82) is 0 Å². The summed E-state index contributed by atoms with van der Waals surface area (Å²) in [4.78, 5) is 11.9. The molecule has 0 atom stereocenters. The summed E-state index contributed by atoms with van der Waals surface area (Å²) in [6.07, 6.45) is 0.318. The molecule has 88 valence electrons. The van der Waals surface area contributed by atoms with Crippen molar-refractivity contribution >= 4 is 17.4 Å². The van der Waals surface area contributed by atoms with E-state index in [1.54, 1.807) is 6.07 Å². The first kappa shape index (κ1) is 13.0. The van der Waals surface area contributed by atoms with Crippen molar-refractivity contribution in [3.8, 4) is 5.75 Å². The molecular weight excluding hydrogens is 226 g/mol. The van der Waals surface area contributed by atoms with Crippen LogP contribution in [0.4, 0.5) is 0 Å². The Balaban J connectivity index is 3.36. The van der Waals surface area contributed by atoms with E-state index < -0.39 is 0 Å². The van der Waals surface area contributed by atoms with E-state index in [4.69, 9.17) is 22.1 Å². The molecule has 4 heteroatoms. The number of nitrogens with two attached hydrogens (primary N) is 1. The summed E-state index contributed by atoms with van der Waals surface area (Å²) < 4.78 is 5.26. The highest BCUT2D eigenvalue weighted by Gasteiger charge is 2.18. The molecule has 1 aromatic carbocycles. The van der Waals surface area contributed by atoms with E-state index in [2.05, 4.69) is 0 Å². The van der Waals surface area contributed by atoms with E-state index >= 15 is 0 Å². The van der Waals surface area contributed by atoms with Crippen LogP contribution < -0.4 is 10.5 Å². The number of halogens is 1. The Kier molecular flexibility index (Phi) is 4.33. The molecule has 0 aliphatic rings. The molecule has 2 N–H and O–H groups in total. The summed E-state index contributed by atoms with van der Waals surface area (Å²) in [5.74, 6) is 0.556. The smallest absolute Gasteiger partial charge is 0.168 e. The molecule has 0 radical (unpaired) electrons. The van der Waals surface area contributed by atoms with Gasteiger partial charge in [-0.2, -0.15) is 0 Å². The topological polar surface area (TPSA) is 52.3 Å². The molecule has 0 heterocycles. The van der Waals surface area contributed by atoms with Gasteiger partial charge in [-0.25, -0.2) is 0 Å². The Bertz CT molecular complexity index is 416. The predicted molar refractivity (Wildman–Crippen MR) is 65.5 cm³/mol. The summed E-state index contributed by atoms with van der Waals surface area (Å²) in [5.41, 5.74) is 7.59. The number of ether oxygens (including phenoxy) is 1. The van der Waals surface area contributed by atoms with Crippen LogP contribution >= 0.6 is 11.6 Å². The second kappa shape index (κ2) is 5.32. The Morgan fingerprint density at radius 3 is 2.62 bits per heavy atom. The van der Waals surface area contributed by atoms with Crippen molar-refractivity contribution in [2.75, 3.05) is 13.7 Å². The van der Waals surface area contributed by atoms with Crippen molar-refractivity contribution in [3.05, 3.63) is 27.8 Å². The highest BCUT2D eigenvalue weighted by molar-refractivity contribution is 6.31. The molecule has 0 saturated carbocycles. The number of benzene rings is 1. The van der Waals surface area contributed by atoms with Crippen molar-refractivity contribution in [1.82, 2.24) is 0 Å². The Morgan fingerprint density at radius 2 is 2.12 bits per heavy atom. The van der Waals surface area contributed by atoms with Crippen LogP contribution in [0.5, 0.6) is 5.75 Å². The zero-order chi connectivity index (χ0) is 12.3. The van der Waals surface area contributed by atoms with Crippen molar-refractivity contribution in [2.45, 2.75) is 20.3 Å². The second-order valence-corrected chi connectivity index (χ2v) is 4.08. The lowest BCUT2D eigenvalue weighted by atomic mass is 9.98. The molecule has 0 amide bonds. The number of methoxy groups -OCH3 is 1. The minimum absolute atomic E-state index is 0.00313. The maximum Gasteiger partial charge on any atom is 0.168 e. The maximum absolute atomic E-state index is 11.9.